The molecule has 17 heavy (non-hydrogen) atoms. The lowest BCUT2D eigenvalue weighted by Gasteiger charge is -2.20. The molecule has 6 nitrogen and oxygen atoms in total. The number of nitrogens with two attached hydrogens (primary N) is 1. The smallest absolute Gasteiger partial charge is 0.255 e. The monoisotopic (exact) mass is 236 g/mol. The van der Waals surface area contributed by atoms with E-state index in [4.69, 9.17) is 10.9 Å². The van der Waals surface area contributed by atoms with Gasteiger partial charge in [-0.15, -0.1) is 0 Å². The zero-order chi connectivity index (χ0) is 12.8. The van der Waals surface area contributed by atoms with Crippen molar-refractivity contribution in [2.45, 2.75) is 6.92 Å². The van der Waals surface area contributed by atoms with E-state index in [1.54, 1.807) is 32.3 Å². The molecule has 92 valence electrons. The van der Waals surface area contributed by atoms with Crippen LogP contribution in [0.25, 0.3) is 0 Å². The third-order valence-electron chi connectivity index (χ3n) is 2.42. The highest BCUT2D eigenvalue weighted by Gasteiger charge is 2.16. The Hall–Kier alpha value is -2.11. The van der Waals surface area contributed by atoms with Gasteiger partial charge in [0.05, 0.1) is 5.56 Å². The lowest BCUT2D eigenvalue weighted by Crippen LogP contribution is -2.36. The molecule has 1 atom stereocenters. The summed E-state index contributed by atoms with van der Waals surface area (Å²) >= 11 is 0. The van der Waals surface area contributed by atoms with E-state index < -0.39 is 0 Å². The van der Waals surface area contributed by atoms with Gasteiger partial charge in [0.25, 0.3) is 5.91 Å². The Balaban J connectivity index is 2.66. The number of amides is 1. The summed E-state index contributed by atoms with van der Waals surface area (Å²) in [5, 5.41) is 11.4. The Morgan fingerprint density at radius 1 is 1.71 bits per heavy atom. The number of hydrogen-bond donors (Lipinski definition) is 2. The number of oxime groups is 1. The maximum Gasteiger partial charge on any atom is 0.255 e. The van der Waals surface area contributed by atoms with Crippen LogP contribution in [0.4, 0.5) is 0 Å². The number of aromatic nitrogens is 1. The summed E-state index contributed by atoms with van der Waals surface area (Å²) in [6.07, 6.45) is 3.11. The van der Waals surface area contributed by atoms with Crippen LogP contribution in [-0.4, -0.2) is 40.4 Å². The van der Waals surface area contributed by atoms with E-state index in [9.17, 15) is 4.79 Å². The number of nitrogens with zero attached hydrogens (tertiary/aromatic N) is 3. The van der Waals surface area contributed by atoms with Crippen LogP contribution in [0.1, 0.15) is 17.3 Å². The molecular weight excluding hydrogens is 220 g/mol. The molecular formula is C11H16N4O2. The van der Waals surface area contributed by atoms with E-state index >= 15 is 0 Å². The third-order valence-corrected chi connectivity index (χ3v) is 2.42. The lowest BCUT2D eigenvalue weighted by atomic mass is 10.1. The number of amidine groups is 1. The Morgan fingerprint density at radius 3 is 2.94 bits per heavy atom. The molecule has 0 aliphatic rings. The predicted octanol–water partition coefficient (Wildman–Crippen LogP) is 0.536. The molecule has 1 aromatic rings. The summed E-state index contributed by atoms with van der Waals surface area (Å²) in [5.74, 6) is -0.239. The van der Waals surface area contributed by atoms with Crippen molar-refractivity contribution in [3.8, 4) is 0 Å². The third kappa shape index (κ3) is 3.44. The summed E-state index contributed by atoms with van der Waals surface area (Å²) in [4.78, 5) is 17.3. The quantitative estimate of drug-likeness (QED) is 0.345. The van der Waals surface area contributed by atoms with Crippen molar-refractivity contribution in [2.75, 3.05) is 13.6 Å². The number of carbonyl (C=O) groups is 1. The highest BCUT2D eigenvalue weighted by Crippen LogP contribution is 2.04. The van der Waals surface area contributed by atoms with Crippen molar-refractivity contribution in [1.82, 2.24) is 9.88 Å². The summed E-state index contributed by atoms with van der Waals surface area (Å²) in [7, 11) is 1.66. The molecule has 3 N–H and O–H groups in total. The maximum absolute atomic E-state index is 11.9. The van der Waals surface area contributed by atoms with Crippen LogP contribution >= 0.6 is 0 Å². The fraction of sp³-hybridized carbons (Fsp3) is 0.364. The van der Waals surface area contributed by atoms with Crippen molar-refractivity contribution in [3.05, 3.63) is 30.1 Å². The van der Waals surface area contributed by atoms with Crippen LogP contribution in [0.3, 0.4) is 0 Å². The van der Waals surface area contributed by atoms with Crippen molar-refractivity contribution in [3.63, 3.8) is 0 Å². The first-order valence-electron chi connectivity index (χ1n) is 5.19. The van der Waals surface area contributed by atoms with Crippen LogP contribution in [-0.2, 0) is 0 Å². The molecule has 0 aliphatic carbocycles. The van der Waals surface area contributed by atoms with Crippen molar-refractivity contribution < 1.29 is 10.0 Å². The van der Waals surface area contributed by atoms with Crippen LogP contribution in [0.5, 0.6) is 0 Å². The zero-order valence-corrected chi connectivity index (χ0v) is 9.87. The highest BCUT2D eigenvalue weighted by molar-refractivity contribution is 5.94. The summed E-state index contributed by atoms with van der Waals surface area (Å²) < 4.78 is 0. The van der Waals surface area contributed by atoms with Gasteiger partial charge in [0, 0.05) is 31.9 Å². The van der Waals surface area contributed by atoms with Gasteiger partial charge in [-0.3, -0.25) is 9.78 Å². The zero-order valence-electron chi connectivity index (χ0n) is 9.87. The van der Waals surface area contributed by atoms with Crippen molar-refractivity contribution in [2.24, 2.45) is 16.8 Å². The van der Waals surface area contributed by atoms with E-state index in [1.807, 2.05) is 0 Å². The van der Waals surface area contributed by atoms with Gasteiger partial charge in [-0.05, 0) is 12.1 Å². The van der Waals surface area contributed by atoms with Gasteiger partial charge >= 0.3 is 0 Å². The minimum absolute atomic E-state index is 0.107. The van der Waals surface area contributed by atoms with E-state index in [0.717, 1.165) is 0 Å². The number of rotatable bonds is 4. The number of carbonyl (C=O) groups excluding carboxylic acids is 1. The minimum atomic E-state index is -0.203. The van der Waals surface area contributed by atoms with Crippen LogP contribution in [0, 0.1) is 5.92 Å². The van der Waals surface area contributed by atoms with Gasteiger partial charge in [0.1, 0.15) is 5.84 Å². The van der Waals surface area contributed by atoms with Crippen LogP contribution in [0.15, 0.2) is 29.7 Å². The first kappa shape index (κ1) is 13.0. The summed E-state index contributed by atoms with van der Waals surface area (Å²) in [6, 6.07) is 3.40. The fourth-order valence-electron chi connectivity index (χ4n) is 1.40. The largest absolute Gasteiger partial charge is 0.409 e. The number of pyridine rings is 1. The molecule has 1 aromatic heterocycles. The Kier molecular flexibility index (Phi) is 4.45. The molecule has 1 rings (SSSR count). The number of hydrogen-bond acceptors (Lipinski definition) is 4. The van der Waals surface area contributed by atoms with Gasteiger partial charge in [-0.1, -0.05) is 12.1 Å². The van der Waals surface area contributed by atoms with E-state index in [2.05, 4.69) is 10.1 Å². The standard InChI is InChI=1S/C11H16N4O2/c1-8(10(12)14-17)7-15(2)11(16)9-4-3-5-13-6-9/h3-6,8,17H,7H2,1-2H3,(H2,12,14). The normalized spacial score (nSPS) is 13.2. The Morgan fingerprint density at radius 2 is 2.41 bits per heavy atom. The van der Waals surface area contributed by atoms with Gasteiger partial charge in [-0.2, -0.15) is 0 Å². The van der Waals surface area contributed by atoms with Gasteiger partial charge < -0.3 is 15.8 Å². The molecule has 6 heteroatoms. The molecule has 1 amide bonds. The van der Waals surface area contributed by atoms with E-state index in [0.29, 0.717) is 12.1 Å². The second kappa shape index (κ2) is 5.83. The lowest BCUT2D eigenvalue weighted by molar-refractivity contribution is 0.0785. The average molecular weight is 236 g/mol. The molecule has 1 unspecified atom stereocenters. The second-order valence-electron chi connectivity index (χ2n) is 3.85. The maximum atomic E-state index is 11.9. The van der Waals surface area contributed by atoms with Crippen molar-refractivity contribution >= 4 is 11.7 Å². The molecule has 0 aromatic carbocycles. The van der Waals surface area contributed by atoms with Crippen molar-refractivity contribution in [1.29, 1.82) is 0 Å². The summed E-state index contributed by atoms with van der Waals surface area (Å²) in [6.45, 7) is 2.16. The molecule has 0 bridgehead atoms. The summed E-state index contributed by atoms with van der Waals surface area (Å²) in [5.41, 5.74) is 5.97. The molecule has 0 fully saturated rings. The predicted molar refractivity (Wildman–Crippen MR) is 63.8 cm³/mol. The van der Waals surface area contributed by atoms with Gasteiger partial charge in [-0.25, -0.2) is 0 Å². The molecule has 0 aliphatic heterocycles. The highest BCUT2D eigenvalue weighted by atomic mass is 16.4. The average Bonchev–Trinajstić information content (AvgIpc) is 2.37. The van der Waals surface area contributed by atoms with Crippen LogP contribution < -0.4 is 5.73 Å². The van der Waals surface area contributed by atoms with E-state index in [1.165, 1.54) is 11.1 Å². The minimum Gasteiger partial charge on any atom is -0.409 e. The Labute approximate surface area is 99.7 Å². The van der Waals surface area contributed by atoms with Gasteiger partial charge in [0.2, 0.25) is 0 Å². The van der Waals surface area contributed by atoms with Gasteiger partial charge in [0.15, 0.2) is 0 Å². The fourth-order valence-corrected chi connectivity index (χ4v) is 1.40. The second-order valence-corrected chi connectivity index (χ2v) is 3.85. The molecule has 0 saturated heterocycles. The van der Waals surface area contributed by atoms with E-state index in [-0.39, 0.29) is 17.7 Å². The molecule has 1 heterocycles. The molecule has 0 spiro atoms. The topological polar surface area (TPSA) is 91.8 Å². The molecule has 0 saturated carbocycles. The van der Waals surface area contributed by atoms with Crippen LogP contribution in [0.2, 0.25) is 0 Å². The Bertz CT molecular complexity index is 405. The first-order valence-corrected chi connectivity index (χ1v) is 5.19. The first-order chi connectivity index (χ1) is 8.06. The molecule has 0 radical (unpaired) electrons. The SMILES string of the molecule is CC(CN(C)C(=O)c1cccnc1)C(N)=NO.